The van der Waals surface area contributed by atoms with E-state index >= 15 is 0 Å². The Morgan fingerprint density at radius 1 is 1.11 bits per heavy atom. The van der Waals surface area contributed by atoms with E-state index in [1.165, 1.54) is 0 Å². The van der Waals surface area contributed by atoms with Crippen LogP contribution in [0.25, 0.3) is 0 Å². The van der Waals surface area contributed by atoms with E-state index < -0.39 is 5.92 Å². The quantitative estimate of drug-likeness (QED) is 0.716. The third kappa shape index (κ3) is 4.78. The smallest absolute Gasteiger partial charge is 0.248 e. The lowest BCUT2D eigenvalue weighted by Crippen LogP contribution is -2.58. The molecule has 2 N–H and O–H groups in total. The van der Waals surface area contributed by atoms with Crippen LogP contribution in [0.5, 0.6) is 0 Å². The number of aliphatic imine (C=N–C) groups is 1. The molecule has 1 saturated heterocycles. The SMILES string of the molecule is CC1CN(C2=NN=C(c3ccc(CN)cc3)C3C=CN=CC23)CCN1C(=O)C1CCC(F)(F)CC1. The Hall–Kier alpha value is -2.94. The molecule has 2 fully saturated rings. The number of carbonyl (C=O) groups excluding carboxylic acids is 1. The number of nitrogens with two attached hydrogens (primary N) is 1. The monoisotopic (exact) mass is 482 g/mol. The molecule has 3 heterocycles. The molecule has 35 heavy (non-hydrogen) atoms. The fraction of sp³-hybridized carbons (Fsp3) is 0.538. The van der Waals surface area contributed by atoms with E-state index in [-0.39, 0.29) is 55.4 Å². The minimum atomic E-state index is -2.63. The Kier molecular flexibility index (Phi) is 6.53. The number of fused-ring (bicyclic) bond motifs is 1. The number of carbonyl (C=O) groups is 1. The number of benzene rings is 1. The maximum absolute atomic E-state index is 13.5. The molecule has 0 spiro atoms. The van der Waals surface area contributed by atoms with Crippen LogP contribution in [0.3, 0.4) is 0 Å². The molecule has 9 heteroatoms. The van der Waals surface area contributed by atoms with E-state index in [1.54, 1.807) is 6.20 Å². The summed E-state index contributed by atoms with van der Waals surface area (Å²) < 4.78 is 27.1. The maximum Gasteiger partial charge on any atom is 0.248 e. The first kappa shape index (κ1) is 23.8. The van der Waals surface area contributed by atoms with Gasteiger partial charge < -0.3 is 15.5 Å². The summed E-state index contributed by atoms with van der Waals surface area (Å²) in [6.07, 6.45) is 5.94. The van der Waals surface area contributed by atoms with E-state index in [0.717, 1.165) is 22.7 Å². The number of halogens is 2. The van der Waals surface area contributed by atoms with Gasteiger partial charge in [-0.3, -0.25) is 9.79 Å². The van der Waals surface area contributed by atoms with Gasteiger partial charge in [0.15, 0.2) is 0 Å². The van der Waals surface area contributed by atoms with Crippen molar-refractivity contribution in [1.29, 1.82) is 0 Å². The zero-order valence-electron chi connectivity index (χ0n) is 20.0. The third-order valence-electron chi connectivity index (χ3n) is 7.67. The van der Waals surface area contributed by atoms with Crippen molar-refractivity contribution >= 4 is 23.7 Å². The predicted molar refractivity (Wildman–Crippen MR) is 133 cm³/mol. The Balaban J connectivity index is 1.30. The van der Waals surface area contributed by atoms with Gasteiger partial charge in [-0.05, 0) is 30.9 Å². The summed E-state index contributed by atoms with van der Waals surface area (Å²) in [5.74, 6) is -2.05. The molecule has 1 aromatic rings. The molecule has 0 aromatic heterocycles. The second-order valence-electron chi connectivity index (χ2n) is 9.99. The van der Waals surface area contributed by atoms with Crippen LogP contribution in [0.2, 0.25) is 0 Å². The normalized spacial score (nSPS) is 28.4. The van der Waals surface area contributed by atoms with E-state index in [1.807, 2.05) is 42.3 Å². The van der Waals surface area contributed by atoms with E-state index in [0.29, 0.717) is 26.2 Å². The van der Waals surface area contributed by atoms with Crippen molar-refractivity contribution < 1.29 is 13.6 Å². The maximum atomic E-state index is 13.5. The molecule has 7 nitrogen and oxygen atoms in total. The minimum Gasteiger partial charge on any atom is -0.354 e. The van der Waals surface area contributed by atoms with Crippen LogP contribution in [0.15, 0.2) is 51.7 Å². The van der Waals surface area contributed by atoms with Gasteiger partial charge in [0.25, 0.3) is 0 Å². The standard InChI is InChI=1S/C26H32F2N6O/c1-17-16-33(12-13-34(17)25(35)20-6-9-26(27,28)10-7-20)24-22-15-30-11-8-21(22)23(31-32-24)19-4-2-18(14-29)3-5-19/h2-5,8,11,15,17,20-22H,6-7,9-10,12-14,16,29H2,1H3. The van der Waals surface area contributed by atoms with Gasteiger partial charge in [-0.1, -0.05) is 30.3 Å². The molecular weight excluding hydrogens is 450 g/mol. The minimum absolute atomic E-state index is 0.0134. The van der Waals surface area contributed by atoms with Crippen molar-refractivity contribution in [3.63, 3.8) is 0 Å². The Bertz CT molecular complexity index is 1070. The van der Waals surface area contributed by atoms with Crippen LogP contribution >= 0.6 is 0 Å². The highest BCUT2D eigenvalue weighted by molar-refractivity contribution is 6.12. The molecule has 0 radical (unpaired) electrons. The number of allylic oxidation sites excluding steroid dienone is 1. The van der Waals surface area contributed by atoms with Crippen molar-refractivity contribution in [2.75, 3.05) is 19.6 Å². The van der Waals surface area contributed by atoms with Crippen molar-refractivity contribution in [1.82, 2.24) is 9.80 Å². The molecule has 0 bridgehead atoms. The number of nitrogens with zero attached hydrogens (tertiary/aromatic N) is 5. The fourth-order valence-corrected chi connectivity index (χ4v) is 5.57. The molecule has 4 aliphatic rings. The number of amides is 1. The van der Waals surface area contributed by atoms with Crippen molar-refractivity contribution in [2.24, 2.45) is 38.7 Å². The lowest BCUT2D eigenvalue weighted by Gasteiger charge is -2.45. The van der Waals surface area contributed by atoms with Crippen molar-refractivity contribution in [2.45, 2.75) is 51.1 Å². The highest BCUT2D eigenvalue weighted by Gasteiger charge is 2.42. The van der Waals surface area contributed by atoms with Gasteiger partial charge in [0.1, 0.15) is 5.84 Å². The lowest BCUT2D eigenvalue weighted by molar-refractivity contribution is -0.143. The van der Waals surface area contributed by atoms with Crippen LogP contribution in [0, 0.1) is 17.8 Å². The number of hydrogen-bond donors (Lipinski definition) is 1. The Labute approximate surface area is 204 Å². The molecule has 1 aromatic carbocycles. The van der Waals surface area contributed by atoms with Crippen LogP contribution < -0.4 is 5.73 Å². The third-order valence-corrected chi connectivity index (χ3v) is 7.67. The molecule has 3 unspecified atom stereocenters. The number of hydrogen-bond acceptors (Lipinski definition) is 6. The summed E-state index contributed by atoms with van der Waals surface area (Å²) in [4.78, 5) is 21.6. The van der Waals surface area contributed by atoms with Gasteiger partial charge in [0.2, 0.25) is 11.8 Å². The molecule has 5 rings (SSSR count). The zero-order valence-corrected chi connectivity index (χ0v) is 20.0. The zero-order chi connectivity index (χ0) is 24.6. The molecule has 186 valence electrons. The highest BCUT2D eigenvalue weighted by Crippen LogP contribution is 2.37. The average molecular weight is 483 g/mol. The number of alkyl halides is 2. The number of piperazine rings is 1. The first-order valence-electron chi connectivity index (χ1n) is 12.4. The van der Waals surface area contributed by atoms with Gasteiger partial charge >= 0.3 is 0 Å². The van der Waals surface area contributed by atoms with Crippen LogP contribution in [-0.2, 0) is 11.3 Å². The highest BCUT2D eigenvalue weighted by atomic mass is 19.3. The first-order valence-corrected chi connectivity index (χ1v) is 12.4. The first-order chi connectivity index (χ1) is 16.9. The summed E-state index contributed by atoms with van der Waals surface area (Å²) in [5.41, 5.74) is 8.72. The van der Waals surface area contributed by atoms with E-state index in [4.69, 9.17) is 5.73 Å². The largest absolute Gasteiger partial charge is 0.354 e. The van der Waals surface area contributed by atoms with Crippen molar-refractivity contribution in [3.05, 3.63) is 47.7 Å². The topological polar surface area (TPSA) is 86.7 Å². The summed E-state index contributed by atoms with van der Waals surface area (Å²) in [5, 5.41) is 9.27. The Morgan fingerprint density at radius 2 is 1.86 bits per heavy atom. The van der Waals surface area contributed by atoms with E-state index in [2.05, 4.69) is 26.2 Å². The predicted octanol–water partition coefficient (Wildman–Crippen LogP) is 3.45. The molecular formula is C26H32F2N6O. The number of amidine groups is 1. The van der Waals surface area contributed by atoms with Crippen LogP contribution in [0.4, 0.5) is 8.78 Å². The van der Waals surface area contributed by atoms with Gasteiger partial charge in [-0.15, -0.1) is 5.10 Å². The number of rotatable bonds is 3. The molecule has 1 aliphatic carbocycles. The van der Waals surface area contributed by atoms with E-state index in [9.17, 15) is 13.6 Å². The van der Waals surface area contributed by atoms with Gasteiger partial charge in [0.05, 0.1) is 11.6 Å². The summed E-state index contributed by atoms with van der Waals surface area (Å²) in [7, 11) is 0. The molecule has 1 amide bonds. The molecule has 1 saturated carbocycles. The van der Waals surface area contributed by atoms with Gasteiger partial charge in [-0.2, -0.15) is 5.10 Å². The van der Waals surface area contributed by atoms with Gasteiger partial charge in [-0.25, -0.2) is 8.78 Å². The fourth-order valence-electron chi connectivity index (χ4n) is 5.57. The second kappa shape index (κ2) is 9.60. The summed E-state index contributed by atoms with van der Waals surface area (Å²) >= 11 is 0. The van der Waals surface area contributed by atoms with Crippen LogP contribution in [-0.4, -0.2) is 65.1 Å². The Morgan fingerprint density at radius 3 is 2.54 bits per heavy atom. The van der Waals surface area contributed by atoms with Crippen molar-refractivity contribution in [3.8, 4) is 0 Å². The summed E-state index contributed by atoms with van der Waals surface area (Å²) in [6, 6.07) is 8.05. The lowest BCUT2D eigenvalue weighted by atomic mass is 9.82. The molecule has 3 aliphatic heterocycles. The second-order valence-corrected chi connectivity index (χ2v) is 9.99. The van der Waals surface area contributed by atoms with Crippen LogP contribution in [0.1, 0.15) is 43.7 Å². The summed E-state index contributed by atoms with van der Waals surface area (Å²) in [6.45, 7) is 4.32. The molecule has 3 atom stereocenters. The van der Waals surface area contributed by atoms with Gasteiger partial charge in [0, 0.05) is 69.3 Å². The average Bonchev–Trinajstić information content (AvgIpc) is 2.88.